The third-order valence-electron chi connectivity index (χ3n) is 4.08. The minimum absolute atomic E-state index is 0.0137. The third-order valence-corrected chi connectivity index (χ3v) is 4.99. The van der Waals surface area contributed by atoms with Crippen molar-refractivity contribution in [1.29, 1.82) is 0 Å². The van der Waals surface area contributed by atoms with Crippen molar-refractivity contribution in [3.05, 3.63) is 64.7 Å². The monoisotopic (exact) mass is 365 g/mol. The van der Waals surface area contributed by atoms with Crippen LogP contribution in [-0.2, 0) is 16.6 Å². The average Bonchev–Trinajstić information content (AvgIpc) is 3.09. The lowest BCUT2D eigenvalue weighted by Crippen LogP contribution is -2.18. The number of rotatable bonds is 5. The van der Waals surface area contributed by atoms with Gasteiger partial charge in [-0.05, 0) is 29.2 Å². The lowest BCUT2D eigenvalue weighted by molar-refractivity contribution is -0.116. The molecular formula is C21H23N3OS. The molecule has 0 aliphatic carbocycles. The first-order valence-electron chi connectivity index (χ1n) is 8.67. The van der Waals surface area contributed by atoms with Gasteiger partial charge in [0.25, 0.3) is 0 Å². The molecule has 0 bridgehead atoms. The van der Waals surface area contributed by atoms with Gasteiger partial charge >= 0.3 is 0 Å². The van der Waals surface area contributed by atoms with E-state index in [4.69, 9.17) is 0 Å². The lowest BCUT2D eigenvalue weighted by Gasteiger charge is -2.23. The maximum Gasteiger partial charge on any atom is 0.224 e. The number of aryl methyl sites for hydroxylation is 1. The number of hydrogen-bond donors (Lipinski definition) is 1. The highest BCUT2D eigenvalue weighted by Crippen LogP contribution is 2.29. The molecule has 0 radical (unpaired) electrons. The molecule has 0 unspecified atom stereocenters. The van der Waals surface area contributed by atoms with Gasteiger partial charge in [-0.1, -0.05) is 39.0 Å². The topological polar surface area (TPSA) is 54.9 Å². The molecule has 0 aliphatic heterocycles. The number of carbonyl (C=O) groups is 1. The fraction of sp³-hybridized carbons (Fsp3) is 0.286. The second-order valence-corrected chi connectivity index (χ2v) is 8.15. The molecule has 3 aromatic rings. The van der Waals surface area contributed by atoms with Crippen molar-refractivity contribution in [1.82, 2.24) is 9.97 Å². The van der Waals surface area contributed by atoms with Crippen LogP contribution in [0.2, 0.25) is 0 Å². The van der Waals surface area contributed by atoms with Gasteiger partial charge < -0.3 is 5.32 Å². The van der Waals surface area contributed by atoms with Crippen LogP contribution in [0.1, 0.15) is 37.8 Å². The van der Waals surface area contributed by atoms with Crippen LogP contribution in [0.3, 0.4) is 0 Å². The van der Waals surface area contributed by atoms with Crippen molar-refractivity contribution < 1.29 is 4.79 Å². The summed E-state index contributed by atoms with van der Waals surface area (Å²) >= 11 is 1.58. The quantitative estimate of drug-likeness (QED) is 0.686. The first-order valence-corrected chi connectivity index (χ1v) is 9.55. The molecule has 26 heavy (non-hydrogen) atoms. The highest BCUT2D eigenvalue weighted by Gasteiger charge is 2.18. The number of aromatic nitrogens is 2. The zero-order valence-corrected chi connectivity index (χ0v) is 16.1. The summed E-state index contributed by atoms with van der Waals surface area (Å²) in [5, 5.41) is 6.03. The van der Waals surface area contributed by atoms with E-state index < -0.39 is 0 Å². The van der Waals surface area contributed by atoms with E-state index in [2.05, 4.69) is 42.1 Å². The Morgan fingerprint density at radius 3 is 2.69 bits per heavy atom. The van der Waals surface area contributed by atoms with E-state index in [0.717, 1.165) is 27.5 Å². The summed E-state index contributed by atoms with van der Waals surface area (Å²) in [7, 11) is 0. The number of thiazole rings is 1. The van der Waals surface area contributed by atoms with Crippen LogP contribution in [0.5, 0.6) is 0 Å². The highest BCUT2D eigenvalue weighted by molar-refractivity contribution is 7.09. The molecule has 0 fully saturated rings. The Bertz CT molecular complexity index is 882. The Hall–Kier alpha value is -2.53. The Morgan fingerprint density at radius 2 is 1.96 bits per heavy atom. The number of pyridine rings is 1. The van der Waals surface area contributed by atoms with Gasteiger partial charge in [0.2, 0.25) is 5.91 Å². The van der Waals surface area contributed by atoms with E-state index in [1.54, 1.807) is 23.7 Å². The molecule has 2 heterocycles. The van der Waals surface area contributed by atoms with Crippen molar-refractivity contribution in [3.8, 4) is 11.3 Å². The molecule has 0 saturated carbocycles. The lowest BCUT2D eigenvalue weighted by atomic mass is 9.86. The number of anilines is 1. The summed E-state index contributed by atoms with van der Waals surface area (Å²) in [6.07, 6.45) is 4.60. The molecule has 0 atom stereocenters. The van der Waals surface area contributed by atoms with Crippen LogP contribution < -0.4 is 5.32 Å². The molecule has 1 amide bonds. The minimum atomic E-state index is -0.0161. The second kappa shape index (κ2) is 7.79. The zero-order chi connectivity index (χ0) is 18.6. The summed E-state index contributed by atoms with van der Waals surface area (Å²) in [6.45, 7) is 6.44. The van der Waals surface area contributed by atoms with Gasteiger partial charge in [0.05, 0.1) is 10.7 Å². The van der Waals surface area contributed by atoms with Gasteiger partial charge in [-0.2, -0.15) is 0 Å². The number of nitrogens with zero attached hydrogens (tertiary/aromatic N) is 2. The fourth-order valence-electron chi connectivity index (χ4n) is 2.75. The van der Waals surface area contributed by atoms with Gasteiger partial charge in [-0.25, -0.2) is 4.98 Å². The van der Waals surface area contributed by atoms with E-state index in [0.29, 0.717) is 12.8 Å². The van der Waals surface area contributed by atoms with E-state index in [1.807, 2.05) is 35.7 Å². The Morgan fingerprint density at radius 1 is 1.15 bits per heavy atom. The van der Waals surface area contributed by atoms with E-state index in [1.165, 1.54) is 0 Å². The van der Waals surface area contributed by atoms with Crippen LogP contribution in [0.4, 0.5) is 5.69 Å². The predicted octanol–water partition coefficient (Wildman–Crippen LogP) is 5.07. The smallest absolute Gasteiger partial charge is 0.224 e. The molecule has 0 saturated heterocycles. The standard InChI is InChI=1S/C21H23N3OS/c1-21(2,3)16-8-4-5-9-17(16)23-19(25)10-11-20-24-18(14-26-20)15-7-6-12-22-13-15/h4-9,12-14H,10-11H2,1-3H3,(H,23,25). The van der Waals surface area contributed by atoms with Crippen molar-refractivity contribution in [2.24, 2.45) is 0 Å². The predicted molar refractivity (Wildman–Crippen MR) is 107 cm³/mol. The normalized spacial score (nSPS) is 11.3. The summed E-state index contributed by atoms with van der Waals surface area (Å²) in [6, 6.07) is 11.9. The van der Waals surface area contributed by atoms with Crippen LogP contribution in [0.15, 0.2) is 54.2 Å². The number of nitrogens with one attached hydrogen (secondary N) is 1. The van der Waals surface area contributed by atoms with Gasteiger partial charge in [-0.15, -0.1) is 11.3 Å². The maximum atomic E-state index is 12.4. The average molecular weight is 366 g/mol. The molecule has 1 N–H and O–H groups in total. The number of amides is 1. The van der Waals surface area contributed by atoms with E-state index in [9.17, 15) is 4.79 Å². The number of carbonyl (C=O) groups excluding carboxylic acids is 1. The molecule has 134 valence electrons. The number of benzene rings is 1. The summed E-state index contributed by atoms with van der Waals surface area (Å²) < 4.78 is 0. The molecular weight excluding hydrogens is 342 g/mol. The van der Waals surface area contributed by atoms with Crippen molar-refractivity contribution in [3.63, 3.8) is 0 Å². The zero-order valence-electron chi connectivity index (χ0n) is 15.3. The van der Waals surface area contributed by atoms with Crippen LogP contribution in [0, 0.1) is 0 Å². The van der Waals surface area contributed by atoms with Crippen LogP contribution in [-0.4, -0.2) is 15.9 Å². The second-order valence-electron chi connectivity index (χ2n) is 7.21. The SMILES string of the molecule is CC(C)(C)c1ccccc1NC(=O)CCc1nc(-c2cccnc2)cs1. The fourth-order valence-corrected chi connectivity index (χ4v) is 3.56. The number of hydrogen-bond acceptors (Lipinski definition) is 4. The molecule has 5 heteroatoms. The van der Waals surface area contributed by atoms with Crippen molar-refractivity contribution in [2.75, 3.05) is 5.32 Å². The van der Waals surface area contributed by atoms with Crippen molar-refractivity contribution >= 4 is 22.9 Å². The van der Waals surface area contributed by atoms with E-state index >= 15 is 0 Å². The maximum absolute atomic E-state index is 12.4. The number of para-hydroxylation sites is 1. The first kappa shape index (κ1) is 18.3. The molecule has 1 aromatic carbocycles. The Balaban J connectivity index is 1.61. The summed E-state index contributed by atoms with van der Waals surface area (Å²) in [5.41, 5.74) is 3.93. The van der Waals surface area contributed by atoms with Gasteiger partial charge in [-0.3, -0.25) is 9.78 Å². The van der Waals surface area contributed by atoms with Gasteiger partial charge in [0.1, 0.15) is 0 Å². The van der Waals surface area contributed by atoms with Crippen LogP contribution >= 0.6 is 11.3 Å². The van der Waals surface area contributed by atoms with Gasteiger partial charge in [0, 0.05) is 41.9 Å². The molecule has 3 rings (SSSR count). The third kappa shape index (κ3) is 4.55. The molecule has 0 spiro atoms. The summed E-state index contributed by atoms with van der Waals surface area (Å²) in [5.74, 6) is 0.0137. The minimum Gasteiger partial charge on any atom is -0.326 e. The molecule has 0 aliphatic rings. The van der Waals surface area contributed by atoms with Crippen LogP contribution in [0.25, 0.3) is 11.3 Å². The largest absolute Gasteiger partial charge is 0.326 e. The first-order chi connectivity index (χ1) is 12.4. The molecule has 2 aromatic heterocycles. The van der Waals surface area contributed by atoms with Crippen molar-refractivity contribution in [2.45, 2.75) is 39.0 Å². The summed E-state index contributed by atoms with van der Waals surface area (Å²) in [4.78, 5) is 21.1. The highest BCUT2D eigenvalue weighted by atomic mass is 32.1. The van der Waals surface area contributed by atoms with E-state index in [-0.39, 0.29) is 11.3 Å². The Kier molecular flexibility index (Phi) is 5.47. The Labute approximate surface area is 158 Å². The van der Waals surface area contributed by atoms with Gasteiger partial charge in [0.15, 0.2) is 0 Å². The molecule has 4 nitrogen and oxygen atoms in total.